The highest BCUT2D eigenvalue weighted by Crippen LogP contribution is 2.44. The number of hydrogen-bond acceptors (Lipinski definition) is 5. The number of aromatic nitrogens is 2. The molecule has 158 valence electrons. The number of anilines is 1. The number of likely N-dealkylation sites (tertiary alicyclic amines) is 1. The smallest absolute Gasteiger partial charge is 0.256 e. The van der Waals surface area contributed by atoms with E-state index in [0.29, 0.717) is 51.8 Å². The fourth-order valence-electron chi connectivity index (χ4n) is 4.99. The number of hydrogen-bond donors (Lipinski definition) is 1. The summed E-state index contributed by atoms with van der Waals surface area (Å²) >= 11 is 0. The number of carbonyl (C=O) groups is 1. The fourth-order valence-corrected chi connectivity index (χ4v) is 4.99. The van der Waals surface area contributed by atoms with Gasteiger partial charge in [0.25, 0.3) is 11.5 Å². The van der Waals surface area contributed by atoms with Crippen LogP contribution in [0.2, 0.25) is 0 Å². The number of amides is 1. The topological polar surface area (TPSA) is 78.5 Å². The van der Waals surface area contributed by atoms with E-state index in [-0.39, 0.29) is 22.4 Å². The van der Waals surface area contributed by atoms with Crippen LogP contribution >= 0.6 is 0 Å². The van der Waals surface area contributed by atoms with Crippen molar-refractivity contribution in [3.63, 3.8) is 0 Å². The van der Waals surface area contributed by atoms with Crippen LogP contribution in [0.3, 0.4) is 0 Å². The summed E-state index contributed by atoms with van der Waals surface area (Å²) in [6.45, 7) is 3.74. The second-order valence-corrected chi connectivity index (χ2v) is 8.37. The van der Waals surface area contributed by atoms with Gasteiger partial charge in [0.2, 0.25) is 5.95 Å². The van der Waals surface area contributed by atoms with Crippen LogP contribution < -0.4 is 10.5 Å². The number of morpholine rings is 1. The van der Waals surface area contributed by atoms with Crippen molar-refractivity contribution in [1.29, 1.82) is 0 Å². The van der Waals surface area contributed by atoms with Crippen LogP contribution in [0.15, 0.2) is 29.1 Å². The number of carbonyl (C=O) groups excluding carboxylic acids is 1. The largest absolute Gasteiger partial charge is 0.378 e. The van der Waals surface area contributed by atoms with E-state index >= 15 is 0 Å². The predicted molar refractivity (Wildman–Crippen MR) is 109 cm³/mol. The number of H-pyrrole nitrogens is 1. The van der Waals surface area contributed by atoms with Crippen molar-refractivity contribution < 1.29 is 13.9 Å². The zero-order valence-corrected chi connectivity index (χ0v) is 16.8. The van der Waals surface area contributed by atoms with Crippen molar-refractivity contribution in [2.45, 2.75) is 31.1 Å². The molecule has 1 N–H and O–H groups in total. The van der Waals surface area contributed by atoms with Gasteiger partial charge >= 0.3 is 0 Å². The Morgan fingerprint density at radius 2 is 1.83 bits per heavy atom. The Labute approximate surface area is 173 Å². The van der Waals surface area contributed by atoms with E-state index in [1.807, 2.05) is 0 Å². The Balaban J connectivity index is 1.38. The molecule has 2 aromatic rings. The van der Waals surface area contributed by atoms with Crippen molar-refractivity contribution in [1.82, 2.24) is 14.9 Å². The predicted octanol–water partition coefficient (Wildman–Crippen LogP) is 1.87. The van der Waals surface area contributed by atoms with Gasteiger partial charge in [-0.15, -0.1) is 0 Å². The van der Waals surface area contributed by atoms with Crippen LogP contribution in [-0.4, -0.2) is 60.2 Å². The van der Waals surface area contributed by atoms with E-state index in [4.69, 9.17) is 9.72 Å². The summed E-state index contributed by atoms with van der Waals surface area (Å²) in [5.41, 5.74) is 1.55. The Bertz CT molecular complexity index is 1020. The summed E-state index contributed by atoms with van der Waals surface area (Å²) in [5.74, 6) is -0.139. The summed E-state index contributed by atoms with van der Waals surface area (Å²) in [4.78, 5) is 37.2. The number of benzene rings is 1. The zero-order chi connectivity index (χ0) is 20.7. The van der Waals surface area contributed by atoms with Gasteiger partial charge in [-0.3, -0.25) is 14.6 Å². The number of fused-ring (bicyclic) bond motifs is 2. The highest BCUT2D eigenvalue weighted by atomic mass is 19.1. The Hall–Kier alpha value is -2.74. The molecule has 2 saturated heterocycles. The molecule has 1 aromatic carbocycles. The van der Waals surface area contributed by atoms with Crippen molar-refractivity contribution in [2.75, 3.05) is 44.3 Å². The molecule has 1 aliphatic carbocycles. The molecule has 2 aliphatic heterocycles. The number of piperidine rings is 1. The first-order valence-corrected chi connectivity index (χ1v) is 10.6. The summed E-state index contributed by atoms with van der Waals surface area (Å²) in [7, 11) is 0. The van der Waals surface area contributed by atoms with Gasteiger partial charge in [0.15, 0.2) is 0 Å². The van der Waals surface area contributed by atoms with Gasteiger partial charge in [-0.05, 0) is 37.8 Å². The second kappa shape index (κ2) is 7.50. The van der Waals surface area contributed by atoms with Gasteiger partial charge in [0.05, 0.1) is 24.5 Å². The molecule has 2 fully saturated rings. The highest BCUT2D eigenvalue weighted by Gasteiger charge is 2.45. The minimum absolute atomic E-state index is 0.0526. The highest BCUT2D eigenvalue weighted by molar-refractivity contribution is 5.94. The maximum absolute atomic E-state index is 14.0. The minimum Gasteiger partial charge on any atom is -0.378 e. The van der Waals surface area contributed by atoms with Crippen molar-refractivity contribution in [3.8, 4) is 0 Å². The maximum Gasteiger partial charge on any atom is 0.256 e. The summed E-state index contributed by atoms with van der Waals surface area (Å²) < 4.78 is 19.5. The van der Waals surface area contributed by atoms with E-state index in [0.717, 1.165) is 30.5 Å². The van der Waals surface area contributed by atoms with Gasteiger partial charge in [-0.25, -0.2) is 9.37 Å². The quantitative estimate of drug-likeness (QED) is 0.815. The van der Waals surface area contributed by atoms with E-state index in [1.54, 1.807) is 17.0 Å². The molecule has 1 aromatic heterocycles. The van der Waals surface area contributed by atoms with Crippen LogP contribution in [0.4, 0.5) is 10.3 Å². The number of aromatic amines is 1. The number of nitrogens with zero attached hydrogens (tertiary/aromatic N) is 3. The van der Waals surface area contributed by atoms with Crippen LogP contribution in [0.1, 0.15) is 40.9 Å². The van der Waals surface area contributed by atoms with Crippen LogP contribution in [0.5, 0.6) is 0 Å². The van der Waals surface area contributed by atoms with Crippen LogP contribution in [0.25, 0.3) is 0 Å². The molecule has 1 amide bonds. The molecule has 3 aliphatic rings. The van der Waals surface area contributed by atoms with Gasteiger partial charge in [-0.1, -0.05) is 12.1 Å². The molecule has 0 atom stereocenters. The maximum atomic E-state index is 14.0. The first kappa shape index (κ1) is 19.2. The number of nitrogens with one attached hydrogen (secondary N) is 1. The van der Waals surface area contributed by atoms with Crippen molar-refractivity contribution in [2.24, 2.45) is 0 Å². The molecule has 0 unspecified atom stereocenters. The number of halogens is 1. The molecule has 3 heterocycles. The minimum atomic E-state index is -0.489. The Morgan fingerprint density at radius 3 is 2.57 bits per heavy atom. The number of rotatable bonds is 2. The molecule has 8 heteroatoms. The third-order valence-corrected chi connectivity index (χ3v) is 6.78. The zero-order valence-electron chi connectivity index (χ0n) is 16.8. The van der Waals surface area contributed by atoms with E-state index in [9.17, 15) is 14.0 Å². The molecule has 0 bridgehead atoms. The van der Waals surface area contributed by atoms with Gasteiger partial charge in [-0.2, -0.15) is 0 Å². The first-order valence-electron chi connectivity index (χ1n) is 10.6. The summed E-state index contributed by atoms with van der Waals surface area (Å²) in [6, 6.07) is 6.11. The molecule has 7 nitrogen and oxygen atoms in total. The Morgan fingerprint density at radius 1 is 1.10 bits per heavy atom. The van der Waals surface area contributed by atoms with Gasteiger partial charge in [0, 0.05) is 37.2 Å². The normalized spacial score (nSPS) is 20.4. The average molecular weight is 412 g/mol. The van der Waals surface area contributed by atoms with E-state index in [2.05, 4.69) is 9.88 Å². The monoisotopic (exact) mass is 412 g/mol. The lowest BCUT2D eigenvalue weighted by atomic mass is 9.76. The van der Waals surface area contributed by atoms with Gasteiger partial charge < -0.3 is 14.5 Å². The molecular weight excluding hydrogens is 387 g/mol. The number of ether oxygens (including phenoxy) is 1. The average Bonchev–Trinajstić information content (AvgIpc) is 3.13. The molecule has 0 saturated carbocycles. The lowest BCUT2D eigenvalue weighted by Gasteiger charge is -2.39. The van der Waals surface area contributed by atoms with Crippen molar-refractivity contribution >= 4 is 11.9 Å². The second-order valence-electron chi connectivity index (χ2n) is 8.37. The van der Waals surface area contributed by atoms with Crippen LogP contribution in [-0.2, 0) is 16.6 Å². The Kier molecular flexibility index (Phi) is 4.81. The van der Waals surface area contributed by atoms with Crippen molar-refractivity contribution in [3.05, 3.63) is 57.3 Å². The lowest BCUT2D eigenvalue weighted by molar-refractivity contribution is 0.0659. The summed E-state index contributed by atoms with van der Waals surface area (Å²) in [6.07, 6.45) is 3.05. The molecular formula is C22H25FN4O3. The standard InChI is InChI=1S/C22H25FN4O3/c23-17-4-2-1-3-15(17)20(29)26-9-7-22(8-10-26)6-5-16-18(22)24-21(25-19(16)28)27-11-13-30-14-12-27/h1-4H,5-14H2,(H,24,25,28). The third kappa shape index (κ3) is 3.19. The molecule has 1 spiro atoms. The van der Waals surface area contributed by atoms with E-state index < -0.39 is 5.82 Å². The molecule has 5 rings (SSSR count). The van der Waals surface area contributed by atoms with Crippen LogP contribution in [0, 0.1) is 5.82 Å². The molecule has 0 radical (unpaired) electrons. The lowest BCUT2D eigenvalue weighted by Crippen LogP contribution is -2.45. The SMILES string of the molecule is O=C(c1ccccc1F)N1CCC2(CCc3c2nc(N2CCOCC2)[nH]c3=O)CC1. The van der Waals surface area contributed by atoms with E-state index in [1.165, 1.54) is 12.1 Å². The third-order valence-electron chi connectivity index (χ3n) is 6.78. The van der Waals surface area contributed by atoms with Gasteiger partial charge in [0.1, 0.15) is 5.82 Å². The first-order chi connectivity index (χ1) is 14.6. The fraction of sp³-hybridized carbons (Fsp3) is 0.500. The molecule has 30 heavy (non-hydrogen) atoms. The summed E-state index contributed by atoms with van der Waals surface area (Å²) in [5, 5.41) is 0.